The number of carbonyl (C=O) groups is 1. The fraction of sp³-hybridized carbons (Fsp3) is 0.556. The zero-order valence-corrected chi connectivity index (χ0v) is 11.5. The van der Waals surface area contributed by atoms with Gasteiger partial charge in [-0.15, -0.1) is 11.3 Å². The SMILES string of the molecule is COC(=O)CCS(=O)(=O)Nc1nc(C(C)O)cs1. The van der Waals surface area contributed by atoms with Crippen LogP contribution in [0.5, 0.6) is 0 Å². The lowest BCUT2D eigenvalue weighted by molar-refractivity contribution is -0.140. The first-order chi connectivity index (χ1) is 8.34. The summed E-state index contributed by atoms with van der Waals surface area (Å²) in [6.45, 7) is 1.53. The first-order valence-electron chi connectivity index (χ1n) is 5.05. The standard InChI is InChI=1S/C9H14N2O5S2/c1-6(12)7-5-17-9(10-7)11-18(14,15)4-3-8(13)16-2/h5-6,12H,3-4H2,1-2H3,(H,10,11). The van der Waals surface area contributed by atoms with Crippen LogP contribution < -0.4 is 4.72 Å². The zero-order chi connectivity index (χ0) is 13.8. The number of sulfonamides is 1. The van der Waals surface area contributed by atoms with Gasteiger partial charge in [-0.05, 0) is 6.92 Å². The van der Waals surface area contributed by atoms with E-state index in [1.54, 1.807) is 5.38 Å². The Morgan fingerprint density at radius 3 is 2.83 bits per heavy atom. The molecule has 0 saturated heterocycles. The third kappa shape index (κ3) is 4.59. The Bertz CT molecular complexity index is 509. The minimum absolute atomic E-state index is 0.163. The van der Waals surface area contributed by atoms with Gasteiger partial charge in [0, 0.05) is 5.38 Å². The van der Waals surface area contributed by atoms with Crippen LogP contribution in [0.3, 0.4) is 0 Å². The monoisotopic (exact) mass is 294 g/mol. The molecule has 0 radical (unpaired) electrons. The average Bonchev–Trinajstić information content (AvgIpc) is 2.73. The van der Waals surface area contributed by atoms with Crippen LogP contribution in [0.1, 0.15) is 25.1 Å². The normalized spacial score (nSPS) is 13.1. The van der Waals surface area contributed by atoms with Crippen LogP contribution in [0, 0.1) is 0 Å². The van der Waals surface area contributed by atoms with Crippen molar-refractivity contribution in [1.29, 1.82) is 0 Å². The molecular formula is C9H14N2O5S2. The second-order valence-corrected chi connectivity index (χ2v) is 6.20. The van der Waals surface area contributed by atoms with E-state index < -0.39 is 22.1 Å². The van der Waals surface area contributed by atoms with Gasteiger partial charge in [-0.25, -0.2) is 13.4 Å². The molecule has 7 nitrogen and oxygen atoms in total. The van der Waals surface area contributed by atoms with Crippen molar-refractivity contribution in [3.63, 3.8) is 0 Å². The molecule has 1 unspecified atom stereocenters. The molecule has 0 saturated carbocycles. The van der Waals surface area contributed by atoms with Crippen LogP contribution in [0.25, 0.3) is 0 Å². The third-order valence-electron chi connectivity index (χ3n) is 2.00. The molecular weight excluding hydrogens is 280 g/mol. The molecule has 1 aromatic rings. The number of thiazole rings is 1. The van der Waals surface area contributed by atoms with Gasteiger partial charge in [0.25, 0.3) is 0 Å². The lowest BCUT2D eigenvalue weighted by Gasteiger charge is -2.04. The zero-order valence-electron chi connectivity index (χ0n) is 9.91. The number of carbonyl (C=O) groups excluding carboxylic acids is 1. The molecule has 18 heavy (non-hydrogen) atoms. The number of nitrogens with one attached hydrogen (secondary N) is 1. The van der Waals surface area contributed by atoms with Gasteiger partial charge in [-0.1, -0.05) is 0 Å². The van der Waals surface area contributed by atoms with E-state index in [0.29, 0.717) is 5.69 Å². The maximum Gasteiger partial charge on any atom is 0.306 e. The molecule has 0 aromatic carbocycles. The molecule has 0 aliphatic heterocycles. The van der Waals surface area contributed by atoms with Gasteiger partial charge in [0.2, 0.25) is 10.0 Å². The summed E-state index contributed by atoms with van der Waals surface area (Å²) >= 11 is 1.07. The van der Waals surface area contributed by atoms with Crippen LogP contribution in [0.15, 0.2) is 5.38 Å². The summed E-state index contributed by atoms with van der Waals surface area (Å²) in [6.07, 6.45) is -0.977. The van der Waals surface area contributed by atoms with Gasteiger partial charge in [0.15, 0.2) is 5.13 Å². The van der Waals surface area contributed by atoms with E-state index in [-0.39, 0.29) is 17.3 Å². The second-order valence-electron chi connectivity index (χ2n) is 3.50. The molecule has 0 spiro atoms. The van der Waals surface area contributed by atoms with E-state index in [9.17, 15) is 18.3 Å². The summed E-state index contributed by atoms with van der Waals surface area (Å²) < 4.78 is 29.8. The number of methoxy groups -OCH3 is 1. The van der Waals surface area contributed by atoms with Crippen LogP contribution in [0.2, 0.25) is 0 Å². The van der Waals surface area contributed by atoms with E-state index in [0.717, 1.165) is 11.3 Å². The van der Waals surface area contributed by atoms with E-state index in [1.807, 2.05) is 0 Å². The van der Waals surface area contributed by atoms with Crippen molar-refractivity contribution in [3.05, 3.63) is 11.1 Å². The molecule has 0 fully saturated rings. The Morgan fingerprint density at radius 1 is 1.67 bits per heavy atom. The van der Waals surface area contributed by atoms with Crippen LogP contribution in [-0.2, 0) is 19.6 Å². The van der Waals surface area contributed by atoms with Crippen molar-refractivity contribution < 1.29 is 23.1 Å². The smallest absolute Gasteiger partial charge is 0.306 e. The number of rotatable bonds is 6. The van der Waals surface area contributed by atoms with Crippen molar-refractivity contribution in [2.75, 3.05) is 17.6 Å². The van der Waals surface area contributed by atoms with E-state index >= 15 is 0 Å². The van der Waals surface area contributed by atoms with Gasteiger partial charge in [-0.2, -0.15) is 0 Å². The molecule has 2 N–H and O–H groups in total. The highest BCUT2D eigenvalue weighted by molar-refractivity contribution is 7.92. The molecule has 0 amide bonds. The van der Waals surface area contributed by atoms with Crippen molar-refractivity contribution in [2.24, 2.45) is 0 Å². The molecule has 0 aliphatic rings. The topological polar surface area (TPSA) is 106 Å². The first-order valence-corrected chi connectivity index (χ1v) is 7.58. The molecule has 0 bridgehead atoms. The third-order valence-corrected chi connectivity index (χ3v) is 4.15. The number of ether oxygens (including phenoxy) is 1. The first kappa shape index (κ1) is 14.9. The Hall–Kier alpha value is -1.19. The van der Waals surface area contributed by atoms with Crippen LogP contribution in [-0.4, -0.2) is 37.3 Å². The van der Waals surface area contributed by atoms with Crippen molar-refractivity contribution in [2.45, 2.75) is 19.4 Å². The van der Waals surface area contributed by atoms with Crippen molar-refractivity contribution in [3.8, 4) is 0 Å². The number of anilines is 1. The predicted octanol–water partition coefficient (Wildman–Crippen LogP) is 0.501. The lowest BCUT2D eigenvalue weighted by Crippen LogP contribution is -2.19. The molecule has 9 heteroatoms. The number of aromatic nitrogens is 1. The minimum atomic E-state index is -3.64. The Morgan fingerprint density at radius 2 is 2.33 bits per heavy atom. The molecule has 1 heterocycles. The summed E-state index contributed by atoms with van der Waals surface area (Å²) in [7, 11) is -2.44. The number of nitrogens with zero attached hydrogens (tertiary/aromatic N) is 1. The Balaban J connectivity index is 2.61. The summed E-state index contributed by atoms with van der Waals surface area (Å²) in [5.41, 5.74) is 0.394. The van der Waals surface area contributed by atoms with Gasteiger partial charge >= 0.3 is 5.97 Å². The van der Waals surface area contributed by atoms with Crippen LogP contribution >= 0.6 is 11.3 Å². The number of aliphatic hydroxyl groups is 1. The van der Waals surface area contributed by atoms with Crippen LogP contribution in [0.4, 0.5) is 5.13 Å². The Kier molecular flexibility index (Phi) is 5.05. The highest BCUT2D eigenvalue weighted by Gasteiger charge is 2.16. The van der Waals surface area contributed by atoms with Gasteiger partial charge in [0.05, 0.1) is 31.1 Å². The van der Waals surface area contributed by atoms with Crippen molar-refractivity contribution >= 4 is 32.5 Å². The molecule has 1 atom stereocenters. The molecule has 0 aliphatic carbocycles. The molecule has 102 valence electrons. The van der Waals surface area contributed by atoms with E-state index in [2.05, 4.69) is 14.4 Å². The second kappa shape index (κ2) is 6.12. The largest absolute Gasteiger partial charge is 0.469 e. The van der Waals surface area contributed by atoms with Gasteiger partial charge in [-0.3, -0.25) is 9.52 Å². The summed E-state index contributed by atoms with van der Waals surface area (Å²) in [6, 6.07) is 0. The van der Waals surface area contributed by atoms with Gasteiger partial charge < -0.3 is 9.84 Å². The maximum absolute atomic E-state index is 11.6. The molecule has 1 aromatic heterocycles. The van der Waals surface area contributed by atoms with E-state index in [1.165, 1.54) is 14.0 Å². The fourth-order valence-electron chi connectivity index (χ4n) is 1.03. The number of aliphatic hydroxyl groups excluding tert-OH is 1. The average molecular weight is 294 g/mol. The lowest BCUT2D eigenvalue weighted by atomic mass is 10.3. The Labute approximate surface area is 109 Å². The minimum Gasteiger partial charge on any atom is -0.469 e. The fourth-order valence-corrected chi connectivity index (χ4v) is 3.09. The van der Waals surface area contributed by atoms with E-state index in [4.69, 9.17) is 0 Å². The predicted molar refractivity (Wildman–Crippen MR) is 66.8 cm³/mol. The number of hydrogen-bond donors (Lipinski definition) is 2. The highest BCUT2D eigenvalue weighted by atomic mass is 32.2. The van der Waals surface area contributed by atoms with Gasteiger partial charge in [0.1, 0.15) is 0 Å². The maximum atomic E-state index is 11.6. The summed E-state index contributed by atoms with van der Waals surface area (Å²) in [4.78, 5) is 14.7. The number of hydrogen-bond acceptors (Lipinski definition) is 7. The number of esters is 1. The summed E-state index contributed by atoms with van der Waals surface area (Å²) in [5, 5.41) is 11.0. The highest BCUT2D eigenvalue weighted by Crippen LogP contribution is 2.21. The summed E-state index contributed by atoms with van der Waals surface area (Å²) in [5.74, 6) is -0.965. The quantitative estimate of drug-likeness (QED) is 0.740. The van der Waals surface area contributed by atoms with Crippen molar-refractivity contribution in [1.82, 2.24) is 4.98 Å². The molecule has 1 rings (SSSR count).